The summed E-state index contributed by atoms with van der Waals surface area (Å²) < 4.78 is 6.31. The average Bonchev–Trinajstić information content (AvgIpc) is 3.18. The molecular formula is C18H28N2O. The van der Waals surface area contributed by atoms with Crippen molar-refractivity contribution in [1.82, 2.24) is 0 Å². The molecule has 1 aliphatic heterocycles. The first-order valence-corrected chi connectivity index (χ1v) is 8.10. The summed E-state index contributed by atoms with van der Waals surface area (Å²) in [5, 5.41) is 0. The second kappa shape index (κ2) is 4.99. The van der Waals surface area contributed by atoms with Gasteiger partial charge in [-0.25, -0.2) is 0 Å². The van der Waals surface area contributed by atoms with Crippen molar-refractivity contribution in [1.29, 1.82) is 0 Å². The van der Waals surface area contributed by atoms with Crippen LogP contribution >= 0.6 is 0 Å². The molecule has 0 aromatic heterocycles. The zero-order chi connectivity index (χ0) is 15.3. The normalized spacial score (nSPS) is 26.8. The standard InChI is InChI=1S/C18H28N2O/c1-17(2)11-16(18(3,4)21-17)20(15-9-10-15)14-7-5-13(12-19)6-8-14/h5-8,15-16H,9-12,19H2,1-4H3. The third kappa shape index (κ3) is 2.95. The number of nitrogens with two attached hydrogens (primary N) is 1. The van der Waals surface area contributed by atoms with Crippen molar-refractivity contribution < 1.29 is 4.74 Å². The molecule has 1 aromatic rings. The summed E-state index contributed by atoms with van der Waals surface area (Å²) in [6.07, 6.45) is 3.67. The van der Waals surface area contributed by atoms with Gasteiger partial charge in [0.15, 0.2) is 0 Å². The Kier molecular flexibility index (Phi) is 3.53. The molecule has 0 bridgehead atoms. The van der Waals surface area contributed by atoms with Crippen LogP contribution in [0, 0.1) is 0 Å². The molecule has 1 aliphatic carbocycles. The van der Waals surface area contributed by atoms with Crippen LogP contribution in [-0.2, 0) is 11.3 Å². The van der Waals surface area contributed by atoms with Crippen LogP contribution in [0.25, 0.3) is 0 Å². The van der Waals surface area contributed by atoms with E-state index in [1.165, 1.54) is 24.1 Å². The summed E-state index contributed by atoms with van der Waals surface area (Å²) in [4.78, 5) is 2.61. The maximum atomic E-state index is 6.31. The van der Waals surface area contributed by atoms with Crippen LogP contribution in [0.2, 0.25) is 0 Å². The smallest absolute Gasteiger partial charge is 0.0837 e. The number of ether oxygens (including phenoxy) is 1. The Morgan fingerprint density at radius 3 is 2.19 bits per heavy atom. The lowest BCUT2D eigenvalue weighted by Crippen LogP contribution is -2.48. The summed E-state index contributed by atoms with van der Waals surface area (Å²) in [5.74, 6) is 0. The Morgan fingerprint density at radius 1 is 1.14 bits per heavy atom. The molecule has 1 saturated carbocycles. The molecular weight excluding hydrogens is 260 g/mol. The first-order chi connectivity index (χ1) is 9.82. The second-order valence-corrected chi connectivity index (χ2v) is 7.69. The van der Waals surface area contributed by atoms with E-state index in [0.29, 0.717) is 18.6 Å². The Bertz CT molecular complexity index is 502. The third-order valence-electron chi connectivity index (χ3n) is 4.77. The van der Waals surface area contributed by atoms with Gasteiger partial charge in [0, 0.05) is 18.3 Å². The zero-order valence-corrected chi connectivity index (χ0v) is 13.7. The van der Waals surface area contributed by atoms with E-state index in [0.717, 1.165) is 6.42 Å². The van der Waals surface area contributed by atoms with Crippen molar-refractivity contribution in [2.24, 2.45) is 5.73 Å². The fourth-order valence-electron chi connectivity index (χ4n) is 3.77. The number of rotatable bonds is 4. The van der Waals surface area contributed by atoms with Gasteiger partial charge in [-0.2, -0.15) is 0 Å². The molecule has 1 saturated heterocycles. The quantitative estimate of drug-likeness (QED) is 0.922. The number of hydrogen-bond donors (Lipinski definition) is 1. The van der Waals surface area contributed by atoms with Crippen LogP contribution in [0.3, 0.4) is 0 Å². The van der Waals surface area contributed by atoms with E-state index < -0.39 is 0 Å². The van der Waals surface area contributed by atoms with E-state index in [-0.39, 0.29) is 11.2 Å². The molecule has 1 unspecified atom stereocenters. The lowest BCUT2D eigenvalue weighted by Gasteiger charge is -2.38. The molecule has 0 amide bonds. The monoisotopic (exact) mass is 288 g/mol. The first-order valence-electron chi connectivity index (χ1n) is 8.10. The number of anilines is 1. The fraction of sp³-hybridized carbons (Fsp3) is 0.667. The van der Waals surface area contributed by atoms with Crippen molar-refractivity contribution in [2.45, 2.75) is 76.8 Å². The number of benzene rings is 1. The van der Waals surface area contributed by atoms with Gasteiger partial charge in [0.1, 0.15) is 0 Å². The van der Waals surface area contributed by atoms with E-state index in [4.69, 9.17) is 10.5 Å². The summed E-state index contributed by atoms with van der Waals surface area (Å²) >= 11 is 0. The minimum absolute atomic E-state index is 0.0431. The van der Waals surface area contributed by atoms with Crippen LogP contribution in [0.4, 0.5) is 5.69 Å². The molecule has 3 rings (SSSR count). The molecule has 0 radical (unpaired) electrons. The summed E-state index contributed by atoms with van der Waals surface area (Å²) in [5.41, 5.74) is 8.07. The number of hydrogen-bond acceptors (Lipinski definition) is 3. The molecule has 21 heavy (non-hydrogen) atoms. The summed E-state index contributed by atoms with van der Waals surface area (Å²) in [6.45, 7) is 9.48. The molecule has 1 aromatic carbocycles. The van der Waals surface area contributed by atoms with E-state index >= 15 is 0 Å². The Balaban J connectivity index is 1.91. The molecule has 2 N–H and O–H groups in total. The maximum Gasteiger partial charge on any atom is 0.0837 e. The van der Waals surface area contributed by atoms with Gasteiger partial charge in [0.2, 0.25) is 0 Å². The Hall–Kier alpha value is -1.06. The summed E-state index contributed by atoms with van der Waals surface area (Å²) in [7, 11) is 0. The van der Waals surface area contributed by atoms with E-state index in [2.05, 4.69) is 56.9 Å². The minimum Gasteiger partial charge on any atom is -0.367 e. The fourth-order valence-corrected chi connectivity index (χ4v) is 3.77. The van der Waals surface area contributed by atoms with Gasteiger partial charge in [0.25, 0.3) is 0 Å². The zero-order valence-electron chi connectivity index (χ0n) is 13.7. The highest BCUT2D eigenvalue weighted by Gasteiger charge is 2.51. The van der Waals surface area contributed by atoms with Crippen LogP contribution in [-0.4, -0.2) is 23.3 Å². The van der Waals surface area contributed by atoms with Gasteiger partial charge in [-0.3, -0.25) is 0 Å². The van der Waals surface area contributed by atoms with Crippen LogP contribution in [0.5, 0.6) is 0 Å². The second-order valence-electron chi connectivity index (χ2n) is 7.69. The van der Waals surface area contributed by atoms with Crippen LogP contribution in [0.15, 0.2) is 24.3 Å². The van der Waals surface area contributed by atoms with E-state index in [1.807, 2.05) is 0 Å². The van der Waals surface area contributed by atoms with Crippen LogP contribution in [0.1, 0.15) is 52.5 Å². The van der Waals surface area contributed by atoms with Gasteiger partial charge in [-0.05, 0) is 64.7 Å². The molecule has 116 valence electrons. The topological polar surface area (TPSA) is 38.5 Å². The molecule has 2 fully saturated rings. The maximum absolute atomic E-state index is 6.31. The van der Waals surface area contributed by atoms with Crippen molar-refractivity contribution in [3.63, 3.8) is 0 Å². The highest BCUT2D eigenvalue weighted by atomic mass is 16.5. The van der Waals surface area contributed by atoms with E-state index in [9.17, 15) is 0 Å². The van der Waals surface area contributed by atoms with Gasteiger partial charge < -0.3 is 15.4 Å². The summed E-state index contributed by atoms with van der Waals surface area (Å²) in [6, 6.07) is 9.86. The predicted octanol–water partition coefficient (Wildman–Crippen LogP) is 3.46. The van der Waals surface area contributed by atoms with Crippen molar-refractivity contribution in [3.8, 4) is 0 Å². The van der Waals surface area contributed by atoms with Crippen molar-refractivity contribution >= 4 is 5.69 Å². The molecule has 0 spiro atoms. The first kappa shape index (κ1) is 14.9. The molecule has 2 aliphatic rings. The average molecular weight is 288 g/mol. The molecule has 1 heterocycles. The highest BCUT2D eigenvalue weighted by Crippen LogP contribution is 2.45. The SMILES string of the molecule is CC1(C)CC(N(c2ccc(CN)cc2)C2CC2)C(C)(C)O1. The van der Waals surface area contributed by atoms with Gasteiger partial charge in [-0.1, -0.05) is 12.1 Å². The largest absolute Gasteiger partial charge is 0.367 e. The van der Waals surface area contributed by atoms with Gasteiger partial charge in [-0.15, -0.1) is 0 Å². The Morgan fingerprint density at radius 2 is 1.76 bits per heavy atom. The van der Waals surface area contributed by atoms with Crippen molar-refractivity contribution in [2.75, 3.05) is 4.90 Å². The molecule has 1 atom stereocenters. The van der Waals surface area contributed by atoms with Crippen molar-refractivity contribution in [3.05, 3.63) is 29.8 Å². The molecule has 3 heteroatoms. The predicted molar refractivity (Wildman–Crippen MR) is 87.5 cm³/mol. The third-order valence-corrected chi connectivity index (χ3v) is 4.77. The lowest BCUT2D eigenvalue weighted by molar-refractivity contribution is -0.0680. The Labute approximate surface area is 128 Å². The number of nitrogens with zero attached hydrogens (tertiary/aromatic N) is 1. The molecule has 3 nitrogen and oxygen atoms in total. The highest BCUT2D eigenvalue weighted by molar-refractivity contribution is 5.52. The van der Waals surface area contributed by atoms with Gasteiger partial charge >= 0.3 is 0 Å². The lowest BCUT2D eigenvalue weighted by atomic mass is 9.92. The van der Waals surface area contributed by atoms with Crippen LogP contribution < -0.4 is 10.6 Å². The van der Waals surface area contributed by atoms with Gasteiger partial charge in [0.05, 0.1) is 17.2 Å². The van der Waals surface area contributed by atoms with E-state index in [1.54, 1.807) is 0 Å². The minimum atomic E-state index is -0.112.